The minimum absolute atomic E-state index is 0.0797. The highest BCUT2D eigenvalue weighted by molar-refractivity contribution is 8.03. The zero-order chi connectivity index (χ0) is 18.8. The molecule has 1 atom stereocenters. The Balaban J connectivity index is 1.65. The minimum Gasteiger partial charge on any atom is -0.344 e. The van der Waals surface area contributed by atoms with E-state index in [-0.39, 0.29) is 11.8 Å². The van der Waals surface area contributed by atoms with Crippen LogP contribution >= 0.6 is 23.5 Å². The van der Waals surface area contributed by atoms with E-state index in [0.29, 0.717) is 18.7 Å². The van der Waals surface area contributed by atoms with Crippen LogP contribution in [0.3, 0.4) is 0 Å². The fourth-order valence-electron chi connectivity index (χ4n) is 3.49. The van der Waals surface area contributed by atoms with Crippen LogP contribution in [0, 0.1) is 11.3 Å². The van der Waals surface area contributed by atoms with Gasteiger partial charge in [-0.25, -0.2) is 0 Å². The maximum Gasteiger partial charge on any atom is 0.229 e. The molecule has 4 rings (SSSR count). The number of carbonyl (C=O) groups is 1. The van der Waals surface area contributed by atoms with E-state index >= 15 is 0 Å². The number of rotatable bonds is 3. The Morgan fingerprint density at radius 3 is 2.56 bits per heavy atom. The van der Waals surface area contributed by atoms with Gasteiger partial charge < -0.3 is 4.90 Å². The molecule has 136 valence electrons. The smallest absolute Gasteiger partial charge is 0.229 e. The molecule has 0 aromatic heterocycles. The highest BCUT2D eigenvalue weighted by Gasteiger charge is 2.38. The molecule has 2 aliphatic rings. The van der Waals surface area contributed by atoms with Crippen molar-refractivity contribution in [3.8, 4) is 6.07 Å². The van der Waals surface area contributed by atoms with E-state index in [2.05, 4.69) is 23.1 Å². The summed E-state index contributed by atoms with van der Waals surface area (Å²) in [6.07, 6.45) is 2.38. The lowest BCUT2D eigenvalue weighted by molar-refractivity contribution is -0.129. The molecule has 6 heteroatoms. The first-order valence-electron chi connectivity index (χ1n) is 8.72. The number of benzene rings is 2. The van der Waals surface area contributed by atoms with Crippen molar-refractivity contribution in [2.24, 2.45) is 0 Å². The number of para-hydroxylation sites is 1. The van der Waals surface area contributed by atoms with E-state index in [4.69, 9.17) is 0 Å². The van der Waals surface area contributed by atoms with Gasteiger partial charge in [-0.1, -0.05) is 42.1 Å². The van der Waals surface area contributed by atoms with E-state index in [0.717, 1.165) is 22.2 Å². The van der Waals surface area contributed by atoms with Crippen molar-refractivity contribution in [2.75, 3.05) is 23.7 Å². The standard InChI is InChI=1S/C21H19N3OS2/c1-26-17-9-7-15(8-10-17)18-11-20(25)24-13-23(16-5-3-2-4-6-16)14-27-21(24)19(18)12-22/h2-10,18H,11,13-14H2,1H3. The zero-order valence-corrected chi connectivity index (χ0v) is 16.6. The predicted molar refractivity (Wildman–Crippen MR) is 111 cm³/mol. The van der Waals surface area contributed by atoms with Crippen LogP contribution in [0.15, 0.2) is 70.1 Å². The average molecular weight is 394 g/mol. The molecule has 1 fully saturated rings. The van der Waals surface area contributed by atoms with Gasteiger partial charge in [-0.15, -0.1) is 11.8 Å². The van der Waals surface area contributed by atoms with Crippen molar-refractivity contribution in [1.82, 2.24) is 4.90 Å². The molecule has 0 N–H and O–H groups in total. The molecular weight excluding hydrogens is 374 g/mol. The first-order chi connectivity index (χ1) is 13.2. The second-order valence-electron chi connectivity index (χ2n) is 6.47. The van der Waals surface area contributed by atoms with Gasteiger partial charge >= 0.3 is 0 Å². The molecule has 0 bridgehead atoms. The van der Waals surface area contributed by atoms with Gasteiger partial charge in [0, 0.05) is 22.9 Å². The van der Waals surface area contributed by atoms with Gasteiger partial charge in [-0.3, -0.25) is 9.69 Å². The Morgan fingerprint density at radius 2 is 1.89 bits per heavy atom. The number of nitrogens with zero attached hydrogens (tertiary/aromatic N) is 3. The summed E-state index contributed by atoms with van der Waals surface area (Å²) in [6, 6.07) is 20.7. The molecule has 2 aromatic rings. The van der Waals surface area contributed by atoms with Crippen LogP contribution in [-0.2, 0) is 4.79 Å². The highest BCUT2D eigenvalue weighted by atomic mass is 32.2. The molecule has 0 spiro atoms. The molecule has 27 heavy (non-hydrogen) atoms. The van der Waals surface area contributed by atoms with E-state index in [1.807, 2.05) is 48.7 Å². The molecule has 4 nitrogen and oxygen atoms in total. The van der Waals surface area contributed by atoms with Crippen LogP contribution in [-0.4, -0.2) is 29.6 Å². The number of amides is 1. The number of anilines is 1. The predicted octanol–water partition coefficient (Wildman–Crippen LogP) is 4.63. The van der Waals surface area contributed by atoms with E-state index < -0.39 is 0 Å². The third-order valence-electron chi connectivity index (χ3n) is 4.93. The fourth-order valence-corrected chi connectivity index (χ4v) is 5.06. The van der Waals surface area contributed by atoms with Crippen molar-refractivity contribution in [1.29, 1.82) is 5.26 Å². The van der Waals surface area contributed by atoms with Gasteiger partial charge in [0.1, 0.15) is 0 Å². The Hall–Kier alpha value is -2.36. The largest absolute Gasteiger partial charge is 0.344 e. The fraction of sp³-hybridized carbons (Fsp3) is 0.238. The van der Waals surface area contributed by atoms with Crippen molar-refractivity contribution in [3.63, 3.8) is 0 Å². The maximum absolute atomic E-state index is 12.9. The normalized spacial score (nSPS) is 19.7. The number of fused-ring (bicyclic) bond motifs is 1. The van der Waals surface area contributed by atoms with Crippen molar-refractivity contribution in [3.05, 3.63) is 70.8 Å². The maximum atomic E-state index is 12.9. The van der Waals surface area contributed by atoms with Crippen LogP contribution < -0.4 is 4.90 Å². The van der Waals surface area contributed by atoms with Gasteiger partial charge in [-0.2, -0.15) is 5.26 Å². The lowest BCUT2D eigenvalue weighted by atomic mass is 9.86. The summed E-state index contributed by atoms with van der Waals surface area (Å²) in [5, 5.41) is 10.7. The molecule has 2 aromatic carbocycles. The Morgan fingerprint density at radius 1 is 1.15 bits per heavy atom. The number of allylic oxidation sites excluding steroid dienone is 1. The summed E-state index contributed by atoms with van der Waals surface area (Å²) < 4.78 is 0. The highest BCUT2D eigenvalue weighted by Crippen LogP contribution is 2.43. The monoisotopic (exact) mass is 393 g/mol. The molecule has 0 saturated carbocycles. The third-order valence-corrected chi connectivity index (χ3v) is 6.83. The van der Waals surface area contributed by atoms with E-state index in [9.17, 15) is 10.1 Å². The number of thioether (sulfide) groups is 2. The van der Waals surface area contributed by atoms with Crippen LogP contribution in [0.5, 0.6) is 0 Å². The molecule has 1 amide bonds. The molecule has 1 unspecified atom stereocenters. The SMILES string of the molecule is CSc1ccc(C2CC(=O)N3CN(c4ccccc4)CSC3=C2C#N)cc1. The number of carbonyl (C=O) groups excluding carboxylic acids is 1. The molecule has 2 heterocycles. The molecule has 0 aliphatic carbocycles. The van der Waals surface area contributed by atoms with Gasteiger partial charge in [0.05, 0.1) is 29.2 Å². The molecule has 1 saturated heterocycles. The van der Waals surface area contributed by atoms with E-state index in [1.165, 1.54) is 4.90 Å². The van der Waals surface area contributed by atoms with Crippen molar-refractivity contribution >= 4 is 35.1 Å². The van der Waals surface area contributed by atoms with Crippen LogP contribution in [0.25, 0.3) is 0 Å². The quantitative estimate of drug-likeness (QED) is 0.712. The first kappa shape index (κ1) is 18.0. The summed E-state index contributed by atoms with van der Waals surface area (Å²) in [7, 11) is 0. The average Bonchev–Trinajstić information content (AvgIpc) is 2.74. The van der Waals surface area contributed by atoms with Gasteiger partial charge in [-0.05, 0) is 36.1 Å². The number of hydrogen-bond donors (Lipinski definition) is 0. The van der Waals surface area contributed by atoms with Crippen LogP contribution in [0.4, 0.5) is 5.69 Å². The molecular formula is C21H19N3OS2. The summed E-state index contributed by atoms with van der Waals surface area (Å²) in [5.74, 6) is 0.656. The summed E-state index contributed by atoms with van der Waals surface area (Å²) in [5.41, 5.74) is 2.84. The van der Waals surface area contributed by atoms with Crippen molar-refractivity contribution in [2.45, 2.75) is 17.2 Å². The second kappa shape index (κ2) is 7.71. The molecule has 0 radical (unpaired) electrons. The lowest BCUT2D eigenvalue weighted by Gasteiger charge is -2.42. The van der Waals surface area contributed by atoms with Gasteiger partial charge in [0.2, 0.25) is 5.91 Å². The molecule has 2 aliphatic heterocycles. The Bertz CT molecular complexity index is 919. The minimum atomic E-state index is -0.152. The zero-order valence-electron chi connectivity index (χ0n) is 15.0. The van der Waals surface area contributed by atoms with E-state index in [1.54, 1.807) is 28.4 Å². The Kier molecular flexibility index (Phi) is 5.15. The van der Waals surface area contributed by atoms with Gasteiger partial charge in [0.25, 0.3) is 0 Å². The summed E-state index contributed by atoms with van der Waals surface area (Å²) >= 11 is 3.26. The van der Waals surface area contributed by atoms with Crippen molar-refractivity contribution < 1.29 is 4.79 Å². The number of nitriles is 1. The van der Waals surface area contributed by atoms with Crippen LogP contribution in [0.2, 0.25) is 0 Å². The first-order valence-corrected chi connectivity index (χ1v) is 10.9. The Labute approximate surface area is 167 Å². The summed E-state index contributed by atoms with van der Waals surface area (Å²) in [6.45, 7) is 0.495. The number of hydrogen-bond acceptors (Lipinski definition) is 5. The topological polar surface area (TPSA) is 47.3 Å². The lowest BCUT2D eigenvalue weighted by Crippen LogP contribution is -2.47. The third kappa shape index (κ3) is 3.45. The second-order valence-corrected chi connectivity index (χ2v) is 8.29. The van der Waals surface area contributed by atoms with Gasteiger partial charge in [0.15, 0.2) is 0 Å². The van der Waals surface area contributed by atoms with Crippen LogP contribution in [0.1, 0.15) is 17.9 Å². The summed E-state index contributed by atoms with van der Waals surface area (Å²) in [4.78, 5) is 18.0.